The summed E-state index contributed by atoms with van der Waals surface area (Å²) >= 11 is 0. The van der Waals surface area contributed by atoms with Crippen LogP contribution in [0.5, 0.6) is 0 Å². The Kier molecular flexibility index (Phi) is 12.8. The van der Waals surface area contributed by atoms with E-state index in [-0.39, 0.29) is 42.1 Å². The van der Waals surface area contributed by atoms with Crippen LogP contribution in [-0.4, -0.2) is 143 Å². The normalized spacial score (nSPS) is 33.5. The number of fused-ring (bicyclic) bond motifs is 4. The van der Waals surface area contributed by atoms with Crippen LogP contribution >= 0.6 is 0 Å². The lowest BCUT2D eigenvalue weighted by Crippen LogP contribution is -2.83. The number of nitrogens with zero attached hydrogens (tertiary/aromatic N) is 1. The van der Waals surface area contributed by atoms with E-state index in [1.807, 2.05) is 0 Å². The maximum atomic E-state index is 15.8. The molecular formula is C45H60N2O17. The molecule has 3 aliphatic carbocycles. The number of esters is 3. The summed E-state index contributed by atoms with van der Waals surface area (Å²) in [5.41, 5.74) is -9.13. The van der Waals surface area contributed by atoms with Crippen molar-refractivity contribution in [1.29, 1.82) is 0 Å². The van der Waals surface area contributed by atoms with Gasteiger partial charge in [0.05, 0.1) is 35.6 Å². The minimum atomic E-state index is -2.38. The van der Waals surface area contributed by atoms with Crippen LogP contribution in [0.25, 0.3) is 0 Å². The predicted octanol–water partition coefficient (Wildman–Crippen LogP) is 3.79. The molecule has 2 saturated carbocycles. The van der Waals surface area contributed by atoms with E-state index >= 15 is 4.79 Å². The summed E-state index contributed by atoms with van der Waals surface area (Å²) in [6.45, 7) is 15.2. The molecule has 352 valence electrons. The number of hydrogen-bond acceptors (Lipinski definition) is 17. The van der Waals surface area contributed by atoms with Gasteiger partial charge in [0.2, 0.25) is 5.60 Å². The molecule has 1 aromatic carbocycles. The first-order chi connectivity index (χ1) is 29.6. The number of alkyl carbamates (subject to hydrolysis) is 1. The Morgan fingerprint density at radius 3 is 2.19 bits per heavy atom. The van der Waals surface area contributed by atoms with E-state index in [1.54, 1.807) is 66.7 Å². The summed E-state index contributed by atoms with van der Waals surface area (Å²) in [4.78, 5) is 99.5. The van der Waals surface area contributed by atoms with E-state index in [2.05, 4.69) is 5.32 Å². The molecule has 2 bridgehead atoms. The van der Waals surface area contributed by atoms with Crippen LogP contribution in [0.3, 0.4) is 0 Å². The fraction of sp³-hybridized carbons (Fsp3) is 0.667. The van der Waals surface area contributed by atoms with Gasteiger partial charge in [0.25, 0.3) is 0 Å². The molecule has 2 heterocycles. The topological polar surface area (TPSA) is 249 Å². The summed E-state index contributed by atoms with van der Waals surface area (Å²) in [6.07, 6.45) is -15.6. The number of Topliss-reactive ketones (excluding diaryl/α,β-unsaturated/α-hetero) is 1. The summed E-state index contributed by atoms with van der Waals surface area (Å²) in [5, 5.41) is 26.5. The fourth-order valence-electron chi connectivity index (χ4n) is 10.4. The zero-order chi connectivity index (χ0) is 47.6. The summed E-state index contributed by atoms with van der Waals surface area (Å²) in [6, 6.07) is 6.46. The standard InChI is InChI=1S/C45H60N2O17/c1-21(2)18-25(46-38(54)63-41(5,6)7)29(50)37(53)58-30-22(3)28-31(59-39(55)47(11)12)33(51)43(10)26(49)19-27-44(20-57-27,62-23(4)48)32(43)35(60-36(52)24-16-14-13-15-17-24)45(42(28,8)9)34(30)61-40(56)64-45/h13-17,21,25-27,29-32,34-35,49-50H,18-20H2,1-12H3,(H,46,54)/t25-,26-,27+,29+,30+,31+,32?,34-,35-,43+,44-,45+/m0/s1. The highest BCUT2D eigenvalue weighted by molar-refractivity contribution is 5.96. The predicted molar refractivity (Wildman–Crippen MR) is 220 cm³/mol. The second-order valence-corrected chi connectivity index (χ2v) is 19.7. The fourth-order valence-corrected chi connectivity index (χ4v) is 10.4. The highest BCUT2D eigenvalue weighted by Crippen LogP contribution is 2.67. The number of aliphatic hydroxyl groups excluding tert-OH is 2. The molecule has 3 N–H and O–H groups in total. The molecule has 1 spiro atoms. The van der Waals surface area contributed by atoms with Crippen LogP contribution in [0.2, 0.25) is 0 Å². The first kappa shape index (κ1) is 48.2. The van der Waals surface area contributed by atoms with Crippen LogP contribution in [0, 0.1) is 22.7 Å². The van der Waals surface area contributed by atoms with Gasteiger partial charge in [0, 0.05) is 32.9 Å². The van der Waals surface area contributed by atoms with Gasteiger partial charge in [-0.15, -0.1) is 0 Å². The van der Waals surface area contributed by atoms with Crippen LogP contribution in [-0.2, 0) is 52.3 Å². The van der Waals surface area contributed by atoms with E-state index in [0.29, 0.717) is 0 Å². The lowest BCUT2D eigenvalue weighted by Gasteiger charge is -2.67. The lowest BCUT2D eigenvalue weighted by atomic mass is 9.44. The number of carbonyl (C=O) groups excluding carboxylic acids is 7. The number of aliphatic hydroxyl groups is 2. The molecule has 19 heteroatoms. The number of rotatable bonds is 10. The van der Waals surface area contributed by atoms with Crippen molar-refractivity contribution in [3.8, 4) is 0 Å². The molecule has 2 amide bonds. The number of hydrogen-bond donors (Lipinski definition) is 3. The summed E-state index contributed by atoms with van der Waals surface area (Å²) in [5.74, 6) is -5.87. The second-order valence-electron chi connectivity index (χ2n) is 19.7. The number of ether oxygens (including phenoxy) is 8. The zero-order valence-electron chi connectivity index (χ0n) is 38.2. The second kappa shape index (κ2) is 16.9. The van der Waals surface area contributed by atoms with Gasteiger partial charge in [0.1, 0.15) is 11.7 Å². The third kappa shape index (κ3) is 7.97. The van der Waals surface area contributed by atoms with Gasteiger partial charge in [0.15, 0.2) is 41.9 Å². The Morgan fingerprint density at radius 2 is 1.64 bits per heavy atom. The van der Waals surface area contributed by atoms with Gasteiger partial charge in [-0.2, -0.15) is 0 Å². The number of nitrogens with one attached hydrogen (secondary N) is 1. The zero-order valence-corrected chi connectivity index (χ0v) is 38.2. The Bertz CT molecular complexity index is 2100. The Balaban J connectivity index is 1.63. The van der Waals surface area contributed by atoms with Gasteiger partial charge in [-0.1, -0.05) is 45.9 Å². The SMILES string of the molecule is CC(=O)O[C@@]12CO[C@@H]1C[C@H](O)[C@@]1(C)C(=O)[C@H](OC(=O)N(C)C)C3=C(C)[C@@H](OC(=O)[C@H](O)[C@H](CC(C)C)NC(=O)OC(C)(C)C)[C@@H]4OC(=O)O[C@]4([C@@H](OC(=O)c4ccccc4)C12)C3(C)C. The van der Waals surface area contributed by atoms with Gasteiger partial charge in [-0.3, -0.25) is 9.59 Å². The molecule has 2 aliphatic heterocycles. The molecule has 0 radical (unpaired) electrons. The number of benzene rings is 1. The minimum absolute atomic E-state index is 0.0215. The van der Waals surface area contributed by atoms with E-state index in [9.17, 15) is 39.0 Å². The molecule has 6 rings (SSSR count). The quantitative estimate of drug-likeness (QED) is 0.172. The van der Waals surface area contributed by atoms with Crippen molar-refractivity contribution in [2.45, 2.75) is 148 Å². The Hall–Kier alpha value is -5.27. The van der Waals surface area contributed by atoms with Crippen LogP contribution in [0.15, 0.2) is 41.5 Å². The monoisotopic (exact) mass is 900 g/mol. The first-order valence-corrected chi connectivity index (χ1v) is 21.3. The molecule has 1 unspecified atom stereocenters. The Morgan fingerprint density at radius 1 is 1.00 bits per heavy atom. The number of ketones is 1. The van der Waals surface area contributed by atoms with Crippen LogP contribution in [0.4, 0.5) is 14.4 Å². The van der Waals surface area contributed by atoms with Crippen molar-refractivity contribution < 1.29 is 81.7 Å². The molecule has 1 aromatic rings. The molecule has 0 aromatic heterocycles. The van der Waals surface area contributed by atoms with Gasteiger partial charge >= 0.3 is 36.2 Å². The Labute approximate surface area is 371 Å². The number of amides is 2. The largest absolute Gasteiger partial charge is 0.509 e. The van der Waals surface area contributed by atoms with E-state index in [0.717, 1.165) is 11.8 Å². The van der Waals surface area contributed by atoms with Crippen molar-refractivity contribution in [3.05, 3.63) is 47.0 Å². The molecular weight excluding hydrogens is 840 g/mol. The average Bonchev–Trinajstić information content (AvgIpc) is 3.55. The average molecular weight is 901 g/mol. The van der Waals surface area contributed by atoms with Gasteiger partial charge in [-0.25, -0.2) is 24.0 Å². The van der Waals surface area contributed by atoms with E-state index in [1.165, 1.54) is 40.1 Å². The minimum Gasteiger partial charge on any atom is -0.454 e. The summed E-state index contributed by atoms with van der Waals surface area (Å²) in [7, 11) is 2.76. The molecule has 5 aliphatic rings. The highest BCUT2D eigenvalue weighted by atomic mass is 16.8. The maximum absolute atomic E-state index is 15.8. The third-order valence-electron chi connectivity index (χ3n) is 13.2. The van der Waals surface area contributed by atoms with E-state index < -0.39 is 124 Å². The van der Waals surface area contributed by atoms with Crippen LogP contribution in [0.1, 0.15) is 92.4 Å². The lowest BCUT2D eigenvalue weighted by molar-refractivity contribution is -0.345. The molecule has 64 heavy (non-hydrogen) atoms. The highest BCUT2D eigenvalue weighted by Gasteiger charge is 2.83. The third-order valence-corrected chi connectivity index (χ3v) is 13.2. The van der Waals surface area contributed by atoms with Crippen LogP contribution < -0.4 is 5.32 Å². The number of carbonyl (C=O) groups is 7. The smallest absolute Gasteiger partial charge is 0.454 e. The van der Waals surface area contributed by atoms with Crippen molar-refractivity contribution in [2.24, 2.45) is 22.7 Å². The molecule has 2 saturated heterocycles. The van der Waals surface area contributed by atoms with Gasteiger partial charge < -0.3 is 58.3 Å². The van der Waals surface area contributed by atoms with Crippen molar-refractivity contribution in [3.63, 3.8) is 0 Å². The van der Waals surface area contributed by atoms with Crippen molar-refractivity contribution in [1.82, 2.24) is 10.2 Å². The molecule has 12 atom stereocenters. The molecule has 4 fully saturated rings. The molecule has 19 nitrogen and oxygen atoms in total. The first-order valence-electron chi connectivity index (χ1n) is 21.3. The summed E-state index contributed by atoms with van der Waals surface area (Å²) < 4.78 is 48.5. The van der Waals surface area contributed by atoms with E-state index in [4.69, 9.17) is 37.9 Å². The van der Waals surface area contributed by atoms with Crippen molar-refractivity contribution >= 4 is 42.0 Å². The maximum Gasteiger partial charge on any atom is 0.509 e. The van der Waals surface area contributed by atoms with Gasteiger partial charge in [-0.05, 0) is 70.2 Å². The van der Waals surface area contributed by atoms with Crippen molar-refractivity contribution in [2.75, 3.05) is 20.7 Å².